The number of carbonyl (C=O) groups excluding carboxylic acids is 2. The Morgan fingerprint density at radius 1 is 1.25 bits per heavy atom. The van der Waals surface area contributed by atoms with Gasteiger partial charge in [-0.3, -0.25) is 4.79 Å². The van der Waals surface area contributed by atoms with Crippen molar-refractivity contribution in [1.82, 2.24) is 0 Å². The van der Waals surface area contributed by atoms with Gasteiger partial charge in [0.25, 0.3) is 0 Å². The lowest BCUT2D eigenvalue weighted by atomic mass is 9.95. The van der Waals surface area contributed by atoms with Crippen LogP contribution in [-0.4, -0.2) is 18.9 Å². The Balaban J connectivity index is 4.01. The van der Waals surface area contributed by atoms with E-state index in [1.807, 2.05) is 13.8 Å². The molecule has 3 nitrogen and oxygen atoms in total. The summed E-state index contributed by atoms with van der Waals surface area (Å²) < 4.78 is 4.33. The standard InChI is InChI=1S/C9H16O3/c1-6(2)5-7(3)8(10)9(11)12-4/h6-7H,5H2,1-4H3. The topological polar surface area (TPSA) is 43.4 Å². The van der Waals surface area contributed by atoms with Crippen LogP contribution in [0.15, 0.2) is 0 Å². The summed E-state index contributed by atoms with van der Waals surface area (Å²) in [5.41, 5.74) is 0. The highest BCUT2D eigenvalue weighted by Gasteiger charge is 2.22. The van der Waals surface area contributed by atoms with E-state index in [1.54, 1.807) is 6.92 Å². The van der Waals surface area contributed by atoms with Gasteiger partial charge < -0.3 is 4.74 Å². The number of hydrogen-bond acceptors (Lipinski definition) is 3. The summed E-state index contributed by atoms with van der Waals surface area (Å²) >= 11 is 0. The van der Waals surface area contributed by atoms with Gasteiger partial charge in [0.15, 0.2) is 0 Å². The molecule has 0 aromatic heterocycles. The van der Waals surface area contributed by atoms with Crippen molar-refractivity contribution in [2.75, 3.05) is 7.11 Å². The molecule has 12 heavy (non-hydrogen) atoms. The number of hydrogen-bond donors (Lipinski definition) is 0. The van der Waals surface area contributed by atoms with E-state index in [4.69, 9.17) is 0 Å². The van der Waals surface area contributed by atoms with Crippen molar-refractivity contribution in [3.05, 3.63) is 0 Å². The zero-order valence-corrected chi connectivity index (χ0v) is 8.09. The van der Waals surface area contributed by atoms with E-state index in [9.17, 15) is 9.59 Å². The van der Waals surface area contributed by atoms with E-state index in [0.717, 1.165) is 6.42 Å². The van der Waals surface area contributed by atoms with Crippen molar-refractivity contribution in [3.8, 4) is 0 Å². The third-order valence-electron chi connectivity index (χ3n) is 1.66. The van der Waals surface area contributed by atoms with Gasteiger partial charge in [0.2, 0.25) is 5.78 Å². The van der Waals surface area contributed by atoms with Gasteiger partial charge in [-0.05, 0) is 12.3 Å². The molecular weight excluding hydrogens is 156 g/mol. The molecule has 0 aliphatic rings. The molecule has 70 valence electrons. The van der Waals surface area contributed by atoms with E-state index in [0.29, 0.717) is 5.92 Å². The molecule has 0 heterocycles. The van der Waals surface area contributed by atoms with Crippen LogP contribution >= 0.6 is 0 Å². The fourth-order valence-electron chi connectivity index (χ4n) is 1.12. The quantitative estimate of drug-likeness (QED) is 0.475. The molecule has 1 unspecified atom stereocenters. The molecular formula is C9H16O3. The number of esters is 1. The van der Waals surface area contributed by atoms with E-state index in [1.165, 1.54) is 7.11 Å². The summed E-state index contributed by atoms with van der Waals surface area (Å²) in [6, 6.07) is 0. The molecule has 0 bridgehead atoms. The highest BCUT2D eigenvalue weighted by molar-refractivity contribution is 6.34. The molecule has 0 fully saturated rings. The van der Waals surface area contributed by atoms with Crippen LogP contribution in [0.2, 0.25) is 0 Å². The average Bonchev–Trinajstić information content (AvgIpc) is 2.00. The maximum atomic E-state index is 11.1. The van der Waals surface area contributed by atoms with Gasteiger partial charge in [0.1, 0.15) is 0 Å². The minimum atomic E-state index is -0.733. The van der Waals surface area contributed by atoms with E-state index < -0.39 is 11.8 Å². The van der Waals surface area contributed by atoms with E-state index in [2.05, 4.69) is 4.74 Å². The van der Waals surface area contributed by atoms with Crippen molar-refractivity contribution < 1.29 is 14.3 Å². The van der Waals surface area contributed by atoms with Gasteiger partial charge in [0, 0.05) is 5.92 Å². The summed E-state index contributed by atoms with van der Waals surface area (Å²) in [5, 5.41) is 0. The molecule has 0 rings (SSSR count). The fraction of sp³-hybridized carbons (Fsp3) is 0.778. The lowest BCUT2D eigenvalue weighted by Crippen LogP contribution is -2.23. The number of ketones is 1. The summed E-state index contributed by atoms with van der Waals surface area (Å²) in [5.74, 6) is -0.958. The molecule has 0 saturated heterocycles. The van der Waals surface area contributed by atoms with Crippen LogP contribution in [0.4, 0.5) is 0 Å². The highest BCUT2D eigenvalue weighted by atomic mass is 16.5. The molecule has 0 spiro atoms. The van der Waals surface area contributed by atoms with Crippen LogP contribution in [0.1, 0.15) is 27.2 Å². The largest absolute Gasteiger partial charge is 0.463 e. The van der Waals surface area contributed by atoms with Gasteiger partial charge in [-0.25, -0.2) is 4.79 Å². The predicted molar refractivity (Wildman–Crippen MR) is 45.6 cm³/mol. The summed E-state index contributed by atoms with van der Waals surface area (Å²) in [4.78, 5) is 21.9. The minimum Gasteiger partial charge on any atom is -0.463 e. The zero-order valence-electron chi connectivity index (χ0n) is 8.09. The number of ether oxygens (including phenoxy) is 1. The second kappa shape index (κ2) is 4.91. The van der Waals surface area contributed by atoms with Crippen LogP contribution in [0.25, 0.3) is 0 Å². The minimum absolute atomic E-state index is 0.225. The Bertz CT molecular complexity index is 173. The summed E-state index contributed by atoms with van der Waals surface area (Å²) in [7, 11) is 1.22. The first-order chi connectivity index (χ1) is 5.49. The van der Waals surface area contributed by atoms with Crippen LogP contribution in [0.5, 0.6) is 0 Å². The molecule has 0 aliphatic carbocycles. The molecule has 0 amide bonds. The van der Waals surface area contributed by atoms with Crippen molar-refractivity contribution in [2.45, 2.75) is 27.2 Å². The molecule has 3 heteroatoms. The van der Waals surface area contributed by atoms with Crippen molar-refractivity contribution >= 4 is 11.8 Å². The van der Waals surface area contributed by atoms with E-state index >= 15 is 0 Å². The normalized spacial score (nSPS) is 12.8. The van der Waals surface area contributed by atoms with Crippen LogP contribution in [0, 0.1) is 11.8 Å². The maximum Gasteiger partial charge on any atom is 0.374 e. The van der Waals surface area contributed by atoms with Gasteiger partial charge in [0.05, 0.1) is 7.11 Å². The molecule has 0 aromatic rings. The average molecular weight is 172 g/mol. The van der Waals surface area contributed by atoms with Gasteiger partial charge in [-0.1, -0.05) is 20.8 Å². The van der Waals surface area contributed by atoms with E-state index in [-0.39, 0.29) is 5.92 Å². The Labute approximate surface area is 73.1 Å². The second-order valence-corrected chi connectivity index (χ2v) is 3.39. The van der Waals surface area contributed by atoms with Gasteiger partial charge in [-0.2, -0.15) is 0 Å². The molecule has 0 aliphatic heterocycles. The molecule has 1 atom stereocenters. The molecule has 0 saturated carbocycles. The fourth-order valence-corrected chi connectivity index (χ4v) is 1.12. The molecule has 0 N–H and O–H groups in total. The first-order valence-electron chi connectivity index (χ1n) is 4.11. The second-order valence-electron chi connectivity index (χ2n) is 3.39. The number of Topliss-reactive ketones (excluding diaryl/α,β-unsaturated/α-hetero) is 1. The monoisotopic (exact) mass is 172 g/mol. The Hall–Kier alpha value is -0.860. The third kappa shape index (κ3) is 3.51. The number of methoxy groups -OCH3 is 1. The van der Waals surface area contributed by atoms with Crippen LogP contribution in [0.3, 0.4) is 0 Å². The van der Waals surface area contributed by atoms with Crippen LogP contribution in [-0.2, 0) is 14.3 Å². The zero-order chi connectivity index (χ0) is 9.72. The lowest BCUT2D eigenvalue weighted by molar-refractivity contribution is -0.153. The van der Waals surface area contributed by atoms with Gasteiger partial charge in [-0.15, -0.1) is 0 Å². The Kier molecular flexibility index (Phi) is 4.55. The van der Waals surface area contributed by atoms with Gasteiger partial charge >= 0.3 is 5.97 Å². The summed E-state index contributed by atoms with van der Waals surface area (Å²) in [6.07, 6.45) is 0.730. The maximum absolute atomic E-state index is 11.1. The van der Waals surface area contributed by atoms with Crippen LogP contribution < -0.4 is 0 Å². The SMILES string of the molecule is COC(=O)C(=O)C(C)CC(C)C. The highest BCUT2D eigenvalue weighted by Crippen LogP contribution is 2.12. The first-order valence-corrected chi connectivity index (χ1v) is 4.11. The molecule has 0 aromatic carbocycles. The summed E-state index contributed by atoms with van der Waals surface area (Å²) in [6.45, 7) is 5.78. The van der Waals surface area contributed by atoms with Crippen molar-refractivity contribution in [2.24, 2.45) is 11.8 Å². The first kappa shape index (κ1) is 11.1. The Morgan fingerprint density at radius 2 is 1.75 bits per heavy atom. The predicted octanol–water partition coefficient (Wildman–Crippen LogP) is 1.41. The number of carbonyl (C=O) groups is 2. The van der Waals surface area contributed by atoms with Crippen molar-refractivity contribution in [1.29, 1.82) is 0 Å². The van der Waals surface area contributed by atoms with Crippen molar-refractivity contribution in [3.63, 3.8) is 0 Å². The molecule has 0 radical (unpaired) electrons. The Morgan fingerprint density at radius 3 is 2.08 bits per heavy atom. The third-order valence-corrected chi connectivity index (χ3v) is 1.66. The number of rotatable bonds is 4. The smallest absolute Gasteiger partial charge is 0.374 e. The lowest BCUT2D eigenvalue weighted by Gasteiger charge is -2.10.